The largest absolute Gasteiger partial charge is 0.393 e. The van der Waals surface area contributed by atoms with Gasteiger partial charge in [-0.2, -0.15) is 0 Å². The van der Waals surface area contributed by atoms with Crippen molar-refractivity contribution in [1.82, 2.24) is 4.90 Å². The first-order chi connectivity index (χ1) is 9.40. The Kier molecular flexibility index (Phi) is 4.43. The predicted octanol–water partition coefficient (Wildman–Crippen LogP) is 2.82. The zero-order valence-corrected chi connectivity index (χ0v) is 12.3. The summed E-state index contributed by atoms with van der Waals surface area (Å²) in [5.74, 6) is -0.303. The van der Waals surface area contributed by atoms with E-state index in [1.54, 1.807) is 32.9 Å². The van der Waals surface area contributed by atoms with Gasteiger partial charge in [-0.05, 0) is 63.3 Å². The molecule has 0 aromatic heterocycles. The number of aliphatic hydroxyl groups is 1. The number of carbonyl (C=O) groups is 1. The lowest BCUT2D eigenvalue weighted by atomic mass is 10.0. The van der Waals surface area contributed by atoms with Crippen LogP contribution in [-0.4, -0.2) is 34.6 Å². The normalized spacial score (nSPS) is 20.2. The molecule has 1 fully saturated rings. The maximum absolute atomic E-state index is 13.6. The molecule has 0 radical (unpaired) electrons. The highest BCUT2D eigenvalue weighted by Gasteiger charge is 2.30. The zero-order chi connectivity index (χ0) is 14.9. The third-order valence-electron chi connectivity index (χ3n) is 3.93. The molecule has 1 aromatic rings. The van der Waals surface area contributed by atoms with E-state index in [9.17, 15) is 14.3 Å². The molecule has 1 aliphatic rings. The maximum atomic E-state index is 13.6. The average Bonchev–Trinajstić information content (AvgIpc) is 2.81. The molecule has 1 amide bonds. The summed E-state index contributed by atoms with van der Waals surface area (Å²) in [6, 6.07) is 3.32. The summed E-state index contributed by atoms with van der Waals surface area (Å²) < 4.78 is 13.6. The van der Waals surface area contributed by atoms with Gasteiger partial charge in [0.15, 0.2) is 0 Å². The zero-order valence-electron chi connectivity index (χ0n) is 12.3. The van der Waals surface area contributed by atoms with E-state index in [0.29, 0.717) is 29.7 Å². The number of likely N-dealkylation sites (tertiary alicyclic amines) is 1. The topological polar surface area (TPSA) is 40.5 Å². The number of benzene rings is 1. The highest BCUT2D eigenvalue weighted by Crippen LogP contribution is 2.25. The lowest BCUT2D eigenvalue weighted by Crippen LogP contribution is -2.37. The number of nitrogens with zero attached hydrogens (tertiary/aromatic N) is 1. The van der Waals surface area contributed by atoms with Crippen LogP contribution in [0.1, 0.15) is 47.7 Å². The Morgan fingerprint density at radius 1 is 1.45 bits per heavy atom. The number of halogens is 1. The number of rotatable bonds is 3. The van der Waals surface area contributed by atoms with Crippen molar-refractivity contribution in [3.05, 3.63) is 34.6 Å². The lowest BCUT2D eigenvalue weighted by Gasteiger charge is -2.26. The monoisotopic (exact) mass is 279 g/mol. The van der Waals surface area contributed by atoms with Gasteiger partial charge in [0, 0.05) is 18.2 Å². The molecule has 4 heteroatoms. The Labute approximate surface area is 119 Å². The van der Waals surface area contributed by atoms with Crippen molar-refractivity contribution in [3.63, 3.8) is 0 Å². The second-order valence-corrected chi connectivity index (χ2v) is 5.80. The highest BCUT2D eigenvalue weighted by atomic mass is 19.1. The second kappa shape index (κ2) is 5.92. The first-order valence-corrected chi connectivity index (χ1v) is 7.16. The standard InChI is InChI=1S/C16H22FNO2/c1-10-7-13(8-11(2)15(10)17)16(20)18-6-4-5-14(18)9-12(3)19/h7-8,12,14,19H,4-6,9H2,1-3H3. The minimum absolute atomic E-state index is 0.0562. The SMILES string of the molecule is Cc1cc(C(=O)N2CCCC2CC(C)O)cc(C)c1F. The van der Waals surface area contributed by atoms with Crippen LogP contribution < -0.4 is 0 Å². The Hall–Kier alpha value is -1.42. The van der Waals surface area contributed by atoms with E-state index in [1.165, 1.54) is 0 Å². The Bertz CT molecular complexity index is 490. The van der Waals surface area contributed by atoms with E-state index >= 15 is 0 Å². The van der Waals surface area contributed by atoms with E-state index in [1.807, 2.05) is 4.90 Å². The summed E-state index contributed by atoms with van der Waals surface area (Å²) in [6.45, 7) is 5.81. The molecule has 3 nitrogen and oxygen atoms in total. The van der Waals surface area contributed by atoms with Gasteiger partial charge in [-0.3, -0.25) is 4.79 Å². The van der Waals surface area contributed by atoms with Crippen LogP contribution in [-0.2, 0) is 0 Å². The fourth-order valence-electron chi connectivity index (χ4n) is 2.98. The number of hydrogen-bond acceptors (Lipinski definition) is 2. The van der Waals surface area contributed by atoms with Crippen molar-refractivity contribution < 1.29 is 14.3 Å². The van der Waals surface area contributed by atoms with Gasteiger partial charge in [0.2, 0.25) is 0 Å². The van der Waals surface area contributed by atoms with E-state index in [2.05, 4.69) is 0 Å². The van der Waals surface area contributed by atoms with Crippen molar-refractivity contribution in [2.45, 2.75) is 52.2 Å². The summed E-state index contributed by atoms with van der Waals surface area (Å²) in [5.41, 5.74) is 1.54. The van der Waals surface area contributed by atoms with Gasteiger partial charge in [0.25, 0.3) is 5.91 Å². The van der Waals surface area contributed by atoms with Crippen LogP contribution >= 0.6 is 0 Å². The molecule has 2 rings (SSSR count). The molecule has 1 heterocycles. The van der Waals surface area contributed by atoms with Gasteiger partial charge in [0.1, 0.15) is 5.82 Å². The van der Waals surface area contributed by atoms with Gasteiger partial charge >= 0.3 is 0 Å². The van der Waals surface area contributed by atoms with Crippen LogP contribution in [0.2, 0.25) is 0 Å². The van der Waals surface area contributed by atoms with Crippen molar-refractivity contribution >= 4 is 5.91 Å². The molecule has 2 atom stereocenters. The summed E-state index contributed by atoms with van der Waals surface area (Å²) in [6.07, 6.45) is 2.08. The van der Waals surface area contributed by atoms with Crippen LogP contribution in [0.25, 0.3) is 0 Å². The summed E-state index contributed by atoms with van der Waals surface area (Å²) in [7, 11) is 0. The molecule has 1 N–H and O–H groups in total. The van der Waals surface area contributed by atoms with Gasteiger partial charge in [-0.1, -0.05) is 0 Å². The van der Waals surface area contributed by atoms with E-state index in [4.69, 9.17) is 0 Å². The van der Waals surface area contributed by atoms with Gasteiger partial charge < -0.3 is 10.0 Å². The molecule has 2 unspecified atom stereocenters. The van der Waals surface area contributed by atoms with E-state index in [0.717, 1.165) is 12.8 Å². The molecular weight excluding hydrogens is 257 g/mol. The van der Waals surface area contributed by atoms with Gasteiger partial charge in [-0.15, -0.1) is 0 Å². The van der Waals surface area contributed by atoms with Crippen LogP contribution in [0.3, 0.4) is 0 Å². The number of carbonyl (C=O) groups excluding carboxylic acids is 1. The first kappa shape index (κ1) is 15.0. The quantitative estimate of drug-likeness (QED) is 0.924. The fraction of sp³-hybridized carbons (Fsp3) is 0.562. The molecule has 20 heavy (non-hydrogen) atoms. The third kappa shape index (κ3) is 3.01. The smallest absolute Gasteiger partial charge is 0.254 e. The molecule has 0 spiro atoms. The molecule has 0 saturated carbocycles. The Morgan fingerprint density at radius 3 is 2.60 bits per heavy atom. The second-order valence-electron chi connectivity index (χ2n) is 5.80. The van der Waals surface area contributed by atoms with Crippen LogP contribution in [0, 0.1) is 19.7 Å². The molecule has 1 aromatic carbocycles. The van der Waals surface area contributed by atoms with Crippen LogP contribution in [0.4, 0.5) is 4.39 Å². The molecule has 1 aliphatic heterocycles. The number of aryl methyl sites for hydroxylation is 2. The minimum atomic E-state index is -0.412. The molecule has 1 saturated heterocycles. The number of aliphatic hydroxyl groups excluding tert-OH is 1. The van der Waals surface area contributed by atoms with Crippen LogP contribution in [0.15, 0.2) is 12.1 Å². The Morgan fingerprint density at radius 2 is 2.05 bits per heavy atom. The highest BCUT2D eigenvalue weighted by molar-refractivity contribution is 5.95. The maximum Gasteiger partial charge on any atom is 0.254 e. The first-order valence-electron chi connectivity index (χ1n) is 7.16. The Balaban J connectivity index is 2.22. The molecule has 0 aliphatic carbocycles. The molecule has 0 bridgehead atoms. The van der Waals surface area contributed by atoms with Crippen molar-refractivity contribution in [3.8, 4) is 0 Å². The van der Waals surface area contributed by atoms with Crippen LogP contribution in [0.5, 0.6) is 0 Å². The van der Waals surface area contributed by atoms with Crippen molar-refractivity contribution in [2.24, 2.45) is 0 Å². The van der Waals surface area contributed by atoms with Gasteiger partial charge in [-0.25, -0.2) is 4.39 Å². The summed E-state index contributed by atoms with van der Waals surface area (Å²) in [4.78, 5) is 14.4. The molecule has 110 valence electrons. The number of amides is 1. The van der Waals surface area contributed by atoms with E-state index in [-0.39, 0.29) is 17.8 Å². The average molecular weight is 279 g/mol. The third-order valence-corrected chi connectivity index (χ3v) is 3.93. The number of hydrogen-bond donors (Lipinski definition) is 1. The molecular formula is C16H22FNO2. The predicted molar refractivity (Wildman–Crippen MR) is 76.2 cm³/mol. The van der Waals surface area contributed by atoms with Crippen molar-refractivity contribution in [1.29, 1.82) is 0 Å². The van der Waals surface area contributed by atoms with Gasteiger partial charge in [0.05, 0.1) is 6.10 Å². The van der Waals surface area contributed by atoms with E-state index < -0.39 is 6.10 Å². The fourth-order valence-corrected chi connectivity index (χ4v) is 2.98. The summed E-state index contributed by atoms with van der Waals surface area (Å²) in [5, 5.41) is 9.52. The van der Waals surface area contributed by atoms with Crippen molar-refractivity contribution in [2.75, 3.05) is 6.54 Å². The summed E-state index contributed by atoms with van der Waals surface area (Å²) >= 11 is 0. The lowest BCUT2D eigenvalue weighted by molar-refractivity contribution is 0.0682. The minimum Gasteiger partial charge on any atom is -0.393 e.